The predicted molar refractivity (Wildman–Crippen MR) is 92.3 cm³/mol. The summed E-state index contributed by atoms with van der Waals surface area (Å²) in [4.78, 5) is 16.6. The second-order valence-electron chi connectivity index (χ2n) is 6.67. The maximum absolute atomic E-state index is 13.2. The number of nitrogens with zero attached hydrogens (tertiary/aromatic N) is 2. The summed E-state index contributed by atoms with van der Waals surface area (Å²) in [5.41, 5.74) is 0.774. The Morgan fingerprint density at radius 3 is 2.52 bits per heavy atom. The van der Waals surface area contributed by atoms with E-state index in [2.05, 4.69) is 25.8 Å². The van der Waals surface area contributed by atoms with Gasteiger partial charge in [0, 0.05) is 11.8 Å². The Hall–Kier alpha value is -2.77. The van der Waals surface area contributed by atoms with Crippen LogP contribution < -0.4 is 10.6 Å². The first kappa shape index (κ1) is 18.6. The third-order valence-corrected chi connectivity index (χ3v) is 3.01. The van der Waals surface area contributed by atoms with E-state index in [1.807, 2.05) is 27.7 Å². The molecule has 0 aliphatic heterocycles. The van der Waals surface area contributed by atoms with Crippen molar-refractivity contribution in [1.82, 2.24) is 15.5 Å². The van der Waals surface area contributed by atoms with Gasteiger partial charge in [-0.2, -0.15) is 5.10 Å². The van der Waals surface area contributed by atoms with E-state index in [1.165, 1.54) is 6.07 Å². The van der Waals surface area contributed by atoms with Gasteiger partial charge in [0.15, 0.2) is 17.5 Å². The van der Waals surface area contributed by atoms with E-state index < -0.39 is 23.1 Å². The summed E-state index contributed by atoms with van der Waals surface area (Å²) in [5, 5.41) is 12.4. The van der Waals surface area contributed by atoms with E-state index >= 15 is 0 Å². The summed E-state index contributed by atoms with van der Waals surface area (Å²) in [6.45, 7) is 7.49. The Morgan fingerprint density at radius 1 is 1.24 bits per heavy atom. The molecule has 1 aromatic carbocycles. The minimum Gasteiger partial charge on any atom is -0.309 e. The fourth-order valence-corrected chi connectivity index (χ4v) is 2.04. The van der Waals surface area contributed by atoms with Crippen molar-refractivity contribution in [3.63, 3.8) is 0 Å². The number of benzene rings is 1. The van der Waals surface area contributed by atoms with E-state index in [0.717, 1.165) is 17.8 Å². The number of H-pyrrole nitrogens is 1. The average Bonchev–Trinajstić information content (AvgIpc) is 2.86. The van der Waals surface area contributed by atoms with Gasteiger partial charge in [0.1, 0.15) is 0 Å². The molecule has 6 nitrogen and oxygen atoms in total. The van der Waals surface area contributed by atoms with Gasteiger partial charge < -0.3 is 5.32 Å². The number of hydrogen-bond donors (Lipinski definition) is 3. The lowest BCUT2D eigenvalue weighted by atomic mass is 10.1. The van der Waals surface area contributed by atoms with Crippen molar-refractivity contribution in [2.24, 2.45) is 4.99 Å². The summed E-state index contributed by atoms with van der Waals surface area (Å²) in [6.07, 6.45) is -0.109. The number of aromatic amines is 1. The zero-order valence-corrected chi connectivity index (χ0v) is 14.6. The third kappa shape index (κ3) is 5.98. The van der Waals surface area contributed by atoms with E-state index in [4.69, 9.17) is 0 Å². The number of guanidine groups is 1. The third-order valence-electron chi connectivity index (χ3n) is 3.01. The van der Waals surface area contributed by atoms with Crippen molar-refractivity contribution in [3.05, 3.63) is 47.2 Å². The van der Waals surface area contributed by atoms with Gasteiger partial charge in [-0.1, -0.05) is 6.07 Å². The molecule has 0 saturated heterocycles. The van der Waals surface area contributed by atoms with Crippen molar-refractivity contribution in [1.29, 1.82) is 0 Å². The molecule has 0 saturated carbocycles. The molecule has 2 rings (SSSR count). The number of anilines is 1. The second kappa shape index (κ2) is 7.42. The summed E-state index contributed by atoms with van der Waals surface area (Å²) in [7, 11) is 0. The van der Waals surface area contributed by atoms with E-state index in [9.17, 15) is 13.6 Å². The van der Waals surface area contributed by atoms with Gasteiger partial charge in [0.2, 0.25) is 11.9 Å². The largest absolute Gasteiger partial charge is 0.309 e. The number of nitrogens with one attached hydrogen (secondary N) is 3. The van der Waals surface area contributed by atoms with Crippen LogP contribution in [0.3, 0.4) is 0 Å². The molecular formula is C17H21F2N5O. The first-order chi connectivity index (χ1) is 11.6. The lowest BCUT2D eigenvalue weighted by Gasteiger charge is -2.17. The molecule has 0 radical (unpaired) electrons. The molecule has 25 heavy (non-hydrogen) atoms. The zero-order chi connectivity index (χ0) is 18.6. The Morgan fingerprint density at radius 2 is 1.96 bits per heavy atom. The summed E-state index contributed by atoms with van der Waals surface area (Å²) in [6, 6.07) is 5.12. The van der Waals surface area contributed by atoms with Gasteiger partial charge in [-0.25, -0.2) is 13.8 Å². The molecule has 1 aromatic heterocycles. The average molecular weight is 349 g/mol. The summed E-state index contributed by atoms with van der Waals surface area (Å²) in [5.74, 6) is -1.61. The van der Waals surface area contributed by atoms with Gasteiger partial charge in [-0.15, -0.1) is 0 Å². The lowest BCUT2D eigenvalue weighted by molar-refractivity contribution is -0.119. The van der Waals surface area contributed by atoms with Gasteiger partial charge >= 0.3 is 0 Å². The van der Waals surface area contributed by atoms with Gasteiger partial charge in [0.05, 0.1) is 12.0 Å². The molecule has 0 spiro atoms. The Bertz CT molecular complexity index is 793. The first-order valence-electron chi connectivity index (χ1n) is 7.75. The maximum Gasteiger partial charge on any atom is 0.231 e. The molecule has 0 bridgehead atoms. The van der Waals surface area contributed by atoms with E-state index in [-0.39, 0.29) is 12.4 Å². The number of aliphatic imine (C=N–C) groups is 1. The number of carbonyl (C=O) groups excluding carboxylic acids is 1. The van der Waals surface area contributed by atoms with Crippen molar-refractivity contribution in [3.8, 4) is 0 Å². The highest BCUT2D eigenvalue weighted by Gasteiger charge is 2.15. The monoisotopic (exact) mass is 349 g/mol. The van der Waals surface area contributed by atoms with Gasteiger partial charge in [-0.3, -0.25) is 15.2 Å². The van der Waals surface area contributed by atoms with Crippen LogP contribution in [0.1, 0.15) is 32.0 Å². The van der Waals surface area contributed by atoms with Crippen LogP contribution in [0.4, 0.5) is 14.6 Å². The number of carbonyl (C=O) groups is 1. The number of aromatic nitrogens is 2. The Labute approximate surface area is 144 Å². The lowest BCUT2D eigenvalue weighted by Crippen LogP contribution is -2.39. The van der Waals surface area contributed by atoms with Crippen LogP contribution in [0.25, 0.3) is 0 Å². The Kier molecular flexibility index (Phi) is 5.51. The number of amides is 1. The van der Waals surface area contributed by atoms with Crippen molar-refractivity contribution < 1.29 is 13.6 Å². The molecule has 0 aliphatic carbocycles. The molecular weight excluding hydrogens is 328 g/mol. The molecule has 0 atom stereocenters. The minimum absolute atomic E-state index is 0.109. The van der Waals surface area contributed by atoms with Gasteiger partial charge in [-0.05, 0) is 45.4 Å². The van der Waals surface area contributed by atoms with Crippen molar-refractivity contribution in [2.75, 3.05) is 5.32 Å². The maximum atomic E-state index is 13.2. The Balaban J connectivity index is 2.10. The zero-order valence-electron chi connectivity index (χ0n) is 14.6. The van der Waals surface area contributed by atoms with Crippen LogP contribution in [0.2, 0.25) is 0 Å². The van der Waals surface area contributed by atoms with Crippen LogP contribution in [-0.4, -0.2) is 27.6 Å². The quantitative estimate of drug-likeness (QED) is 0.589. The second-order valence-corrected chi connectivity index (χ2v) is 6.67. The molecule has 0 aliphatic rings. The SMILES string of the molecule is Cc1cc(NC(=NC(C)(C)C)NC(=O)Cc2ccc(F)c(F)c2)n[nH]1. The highest BCUT2D eigenvalue weighted by Crippen LogP contribution is 2.11. The van der Waals surface area contributed by atoms with Crippen molar-refractivity contribution in [2.45, 2.75) is 39.7 Å². The van der Waals surface area contributed by atoms with Crippen LogP contribution in [0, 0.1) is 18.6 Å². The number of aryl methyl sites for hydroxylation is 1. The van der Waals surface area contributed by atoms with Crippen LogP contribution >= 0.6 is 0 Å². The van der Waals surface area contributed by atoms with Gasteiger partial charge in [0.25, 0.3) is 0 Å². The summed E-state index contributed by atoms with van der Waals surface area (Å²) < 4.78 is 26.2. The molecule has 134 valence electrons. The molecule has 3 N–H and O–H groups in total. The number of halogens is 2. The number of hydrogen-bond acceptors (Lipinski definition) is 3. The molecule has 8 heteroatoms. The fourth-order valence-electron chi connectivity index (χ4n) is 2.04. The molecule has 1 heterocycles. The van der Waals surface area contributed by atoms with Crippen LogP contribution in [0.15, 0.2) is 29.3 Å². The normalized spacial score (nSPS) is 12.2. The fraction of sp³-hybridized carbons (Fsp3) is 0.353. The molecule has 1 amide bonds. The molecule has 0 unspecified atom stereocenters. The standard InChI is InChI=1S/C17H21F2N5O/c1-10-7-14(24-23-10)20-16(22-17(2,3)4)21-15(25)9-11-5-6-12(18)13(19)8-11/h5-8H,9H2,1-4H3,(H3,20,21,22,23,24,25). The number of rotatable bonds is 3. The van der Waals surface area contributed by atoms with Crippen LogP contribution in [0.5, 0.6) is 0 Å². The molecule has 2 aromatic rings. The predicted octanol–water partition coefficient (Wildman–Crippen LogP) is 2.92. The summed E-state index contributed by atoms with van der Waals surface area (Å²) >= 11 is 0. The molecule has 0 fully saturated rings. The van der Waals surface area contributed by atoms with E-state index in [0.29, 0.717) is 11.4 Å². The first-order valence-corrected chi connectivity index (χ1v) is 7.75. The van der Waals surface area contributed by atoms with E-state index in [1.54, 1.807) is 6.07 Å². The topological polar surface area (TPSA) is 82.2 Å². The highest BCUT2D eigenvalue weighted by molar-refractivity contribution is 6.04. The van der Waals surface area contributed by atoms with Crippen LogP contribution in [-0.2, 0) is 11.2 Å². The minimum atomic E-state index is -0.987. The highest BCUT2D eigenvalue weighted by atomic mass is 19.2. The van der Waals surface area contributed by atoms with Crippen molar-refractivity contribution >= 4 is 17.7 Å². The smallest absolute Gasteiger partial charge is 0.231 e.